The molecule has 0 spiro atoms. The molecule has 1 unspecified atom stereocenters. The highest BCUT2D eigenvalue weighted by Crippen LogP contribution is 2.38. The molecular weight excluding hydrogens is 466 g/mol. The van der Waals surface area contributed by atoms with Crippen LogP contribution in [0.15, 0.2) is 16.7 Å². The SMILES string of the molecule is CC(C)(C)C(C1COC1)N(C(=O)O)c1cc(N[C@H]2CCCC[C@H]2O)nc2c(Br)cnn12. The van der Waals surface area contributed by atoms with E-state index in [1.807, 2.05) is 20.8 Å². The summed E-state index contributed by atoms with van der Waals surface area (Å²) < 4.78 is 7.63. The van der Waals surface area contributed by atoms with Crippen LogP contribution in [0.2, 0.25) is 0 Å². The Bertz CT molecular complexity index is 955. The minimum Gasteiger partial charge on any atom is -0.465 e. The predicted molar refractivity (Wildman–Crippen MR) is 121 cm³/mol. The molecule has 10 heteroatoms. The fourth-order valence-electron chi connectivity index (χ4n) is 4.74. The first-order valence-corrected chi connectivity index (χ1v) is 11.5. The summed E-state index contributed by atoms with van der Waals surface area (Å²) in [4.78, 5) is 18.6. The second-order valence-corrected chi connectivity index (χ2v) is 10.4. The zero-order valence-corrected chi connectivity index (χ0v) is 19.7. The molecule has 170 valence electrons. The van der Waals surface area contributed by atoms with Crippen molar-refractivity contribution in [1.29, 1.82) is 0 Å². The summed E-state index contributed by atoms with van der Waals surface area (Å²) in [5.74, 6) is 1.04. The van der Waals surface area contributed by atoms with Crippen LogP contribution in [0.3, 0.4) is 0 Å². The average molecular weight is 496 g/mol. The number of aliphatic hydroxyl groups is 1. The first-order chi connectivity index (χ1) is 14.7. The molecule has 2 aromatic heterocycles. The highest BCUT2D eigenvalue weighted by atomic mass is 79.9. The molecule has 2 aliphatic rings. The van der Waals surface area contributed by atoms with Crippen LogP contribution in [0.25, 0.3) is 5.65 Å². The van der Waals surface area contributed by atoms with Gasteiger partial charge in [0, 0.05) is 12.0 Å². The minimum atomic E-state index is -1.05. The monoisotopic (exact) mass is 495 g/mol. The molecule has 1 aliphatic heterocycles. The second kappa shape index (κ2) is 8.55. The van der Waals surface area contributed by atoms with Crippen LogP contribution in [0.4, 0.5) is 16.4 Å². The average Bonchev–Trinajstić information content (AvgIpc) is 3.02. The molecule has 1 saturated heterocycles. The Kier molecular flexibility index (Phi) is 6.15. The van der Waals surface area contributed by atoms with Gasteiger partial charge in [-0.15, -0.1) is 0 Å². The lowest BCUT2D eigenvalue weighted by Gasteiger charge is -2.46. The third kappa shape index (κ3) is 4.38. The summed E-state index contributed by atoms with van der Waals surface area (Å²) in [7, 11) is 0. The number of fused-ring (bicyclic) bond motifs is 1. The Hall–Kier alpha value is -1.91. The number of rotatable bonds is 5. The van der Waals surface area contributed by atoms with Crippen LogP contribution in [-0.4, -0.2) is 62.3 Å². The molecule has 2 aromatic rings. The van der Waals surface area contributed by atoms with E-state index in [0.717, 1.165) is 25.7 Å². The summed E-state index contributed by atoms with van der Waals surface area (Å²) in [6.07, 6.45) is 3.76. The number of carbonyl (C=O) groups is 1. The lowest BCUT2D eigenvalue weighted by Crippen LogP contribution is -2.57. The number of hydrogen-bond acceptors (Lipinski definition) is 6. The fourth-order valence-corrected chi connectivity index (χ4v) is 5.08. The van der Waals surface area contributed by atoms with Crippen LogP contribution in [0, 0.1) is 11.3 Å². The van der Waals surface area contributed by atoms with Gasteiger partial charge in [-0.1, -0.05) is 33.6 Å². The predicted octanol–water partition coefficient (Wildman–Crippen LogP) is 3.75. The molecule has 31 heavy (non-hydrogen) atoms. The highest BCUT2D eigenvalue weighted by Gasteiger charge is 2.44. The fraction of sp³-hybridized carbons (Fsp3) is 0.667. The number of nitrogens with one attached hydrogen (secondary N) is 1. The molecule has 1 amide bonds. The van der Waals surface area contributed by atoms with Crippen molar-refractivity contribution in [1.82, 2.24) is 14.6 Å². The number of halogens is 1. The zero-order valence-electron chi connectivity index (χ0n) is 18.1. The van der Waals surface area contributed by atoms with Crippen LogP contribution in [0.1, 0.15) is 46.5 Å². The van der Waals surface area contributed by atoms with Crippen LogP contribution < -0.4 is 10.2 Å². The van der Waals surface area contributed by atoms with Crippen molar-refractivity contribution in [2.75, 3.05) is 23.4 Å². The molecule has 0 radical (unpaired) electrons. The van der Waals surface area contributed by atoms with Crippen LogP contribution in [0.5, 0.6) is 0 Å². The van der Waals surface area contributed by atoms with Gasteiger partial charge in [0.1, 0.15) is 11.6 Å². The number of ether oxygens (including phenoxy) is 1. The van der Waals surface area contributed by atoms with E-state index in [1.165, 1.54) is 4.90 Å². The molecule has 2 fully saturated rings. The van der Waals surface area contributed by atoms with E-state index < -0.39 is 12.2 Å². The lowest BCUT2D eigenvalue weighted by atomic mass is 9.77. The number of hydrogen-bond donors (Lipinski definition) is 3. The van der Waals surface area contributed by atoms with E-state index in [1.54, 1.807) is 16.8 Å². The molecule has 4 rings (SSSR count). The molecule has 1 aliphatic carbocycles. The number of aliphatic hydroxyl groups excluding tert-OH is 1. The van der Waals surface area contributed by atoms with E-state index in [-0.39, 0.29) is 23.4 Å². The minimum absolute atomic E-state index is 0.0925. The number of nitrogens with zero attached hydrogens (tertiary/aromatic N) is 4. The Morgan fingerprint density at radius 2 is 2.06 bits per heavy atom. The highest BCUT2D eigenvalue weighted by molar-refractivity contribution is 9.10. The van der Waals surface area contributed by atoms with Gasteiger partial charge in [-0.2, -0.15) is 9.61 Å². The Labute approximate surface area is 189 Å². The first-order valence-electron chi connectivity index (χ1n) is 10.8. The smallest absolute Gasteiger partial charge is 0.413 e. The zero-order chi connectivity index (χ0) is 22.3. The standard InChI is InChI=1S/C21H30BrN5O4/c1-21(2,3)18(12-10-31-11-12)26(20(29)30)17-8-16(24-14-6-4-5-7-15(14)28)25-19-13(22)9-23-27(17)19/h8-9,12,14-15,18,28H,4-7,10-11H2,1-3H3,(H,24,25)(H,29,30)/t14-,15+,18?/m0/s1. The molecule has 0 aromatic carbocycles. The van der Waals surface area contributed by atoms with Gasteiger partial charge >= 0.3 is 6.09 Å². The van der Waals surface area contributed by atoms with Crippen LogP contribution >= 0.6 is 15.9 Å². The molecule has 3 N–H and O–H groups in total. The molecule has 3 heterocycles. The molecule has 3 atom stereocenters. The Balaban J connectivity index is 1.80. The quantitative estimate of drug-likeness (QED) is 0.578. The third-order valence-corrected chi connectivity index (χ3v) is 6.76. The molecule has 1 saturated carbocycles. The first kappa shape index (κ1) is 22.3. The lowest BCUT2D eigenvalue weighted by molar-refractivity contribution is -0.0609. The number of aromatic nitrogens is 3. The molecule has 0 bridgehead atoms. The van der Waals surface area contributed by atoms with Gasteiger partial charge in [0.15, 0.2) is 5.65 Å². The maximum absolute atomic E-state index is 12.6. The third-order valence-electron chi connectivity index (χ3n) is 6.20. The maximum Gasteiger partial charge on any atom is 0.413 e. The number of amides is 1. The van der Waals surface area contributed by atoms with E-state index in [2.05, 4.69) is 31.3 Å². The van der Waals surface area contributed by atoms with Gasteiger partial charge in [0.25, 0.3) is 0 Å². The largest absolute Gasteiger partial charge is 0.465 e. The van der Waals surface area contributed by atoms with Crippen molar-refractivity contribution < 1.29 is 19.7 Å². The Morgan fingerprint density at radius 1 is 1.35 bits per heavy atom. The summed E-state index contributed by atoms with van der Waals surface area (Å²) in [5.41, 5.74) is 0.203. The van der Waals surface area contributed by atoms with Crippen molar-refractivity contribution in [3.63, 3.8) is 0 Å². The van der Waals surface area contributed by atoms with E-state index in [4.69, 9.17) is 4.74 Å². The Morgan fingerprint density at radius 3 is 2.65 bits per heavy atom. The van der Waals surface area contributed by atoms with Gasteiger partial charge in [-0.25, -0.2) is 9.78 Å². The normalized spacial score (nSPS) is 23.4. The van der Waals surface area contributed by atoms with Gasteiger partial charge in [-0.05, 0) is 34.2 Å². The maximum atomic E-state index is 12.6. The van der Waals surface area contributed by atoms with Gasteiger partial charge in [-0.3, -0.25) is 4.90 Å². The molecule has 9 nitrogen and oxygen atoms in total. The van der Waals surface area contributed by atoms with Crippen molar-refractivity contribution >= 4 is 39.3 Å². The number of carboxylic acid groups (broad SMARTS) is 1. The van der Waals surface area contributed by atoms with Crippen molar-refractivity contribution in [2.45, 2.75) is 64.6 Å². The van der Waals surface area contributed by atoms with E-state index in [9.17, 15) is 15.0 Å². The van der Waals surface area contributed by atoms with E-state index in [0.29, 0.717) is 35.0 Å². The van der Waals surface area contributed by atoms with E-state index >= 15 is 0 Å². The summed E-state index contributed by atoms with van der Waals surface area (Å²) in [5, 5.41) is 28.4. The summed E-state index contributed by atoms with van der Waals surface area (Å²) in [6.45, 7) is 7.19. The number of anilines is 2. The van der Waals surface area contributed by atoms with Crippen molar-refractivity contribution in [2.24, 2.45) is 11.3 Å². The van der Waals surface area contributed by atoms with Crippen molar-refractivity contribution in [3.8, 4) is 0 Å². The second-order valence-electron chi connectivity index (χ2n) is 9.59. The van der Waals surface area contributed by atoms with Crippen LogP contribution in [-0.2, 0) is 4.74 Å². The topological polar surface area (TPSA) is 112 Å². The molecular formula is C21H30BrN5O4. The summed E-state index contributed by atoms with van der Waals surface area (Å²) in [6, 6.07) is 1.30. The van der Waals surface area contributed by atoms with Gasteiger partial charge in [0.2, 0.25) is 0 Å². The van der Waals surface area contributed by atoms with Crippen molar-refractivity contribution in [3.05, 3.63) is 16.7 Å². The van der Waals surface area contributed by atoms with Gasteiger partial charge < -0.3 is 20.3 Å². The summed E-state index contributed by atoms with van der Waals surface area (Å²) >= 11 is 3.48. The van der Waals surface area contributed by atoms with Gasteiger partial charge in [0.05, 0.1) is 42.1 Å².